The van der Waals surface area contributed by atoms with Crippen LogP contribution in [0.2, 0.25) is 5.02 Å². The number of H-pyrrole nitrogens is 1. The average Bonchev–Trinajstić information content (AvgIpc) is 3.07. The lowest BCUT2D eigenvalue weighted by molar-refractivity contribution is 0.313. The fourth-order valence-electron chi connectivity index (χ4n) is 3.41. The number of benzene rings is 2. The summed E-state index contributed by atoms with van der Waals surface area (Å²) in [7, 11) is -1.53. The highest BCUT2D eigenvalue weighted by Crippen LogP contribution is 2.34. The van der Waals surface area contributed by atoms with Crippen molar-refractivity contribution in [3.63, 3.8) is 0 Å². The number of hydrogen-bond donors (Lipinski definition) is 1. The number of hydrogen-bond acceptors (Lipinski definition) is 4. The molecule has 0 spiro atoms. The van der Waals surface area contributed by atoms with Gasteiger partial charge >= 0.3 is 0 Å². The molecule has 0 saturated carbocycles. The number of halogens is 1. The van der Waals surface area contributed by atoms with Gasteiger partial charge in [-0.15, -0.1) is 0 Å². The van der Waals surface area contributed by atoms with E-state index in [0.717, 1.165) is 37.4 Å². The molecule has 0 unspecified atom stereocenters. The predicted molar refractivity (Wildman–Crippen MR) is 105 cm³/mol. The molecule has 1 fully saturated rings. The van der Waals surface area contributed by atoms with Crippen LogP contribution in [0.5, 0.6) is 0 Å². The highest BCUT2D eigenvalue weighted by molar-refractivity contribution is 7.91. The third kappa shape index (κ3) is 2.98. The molecule has 1 aromatic heterocycles. The van der Waals surface area contributed by atoms with Crippen LogP contribution in [0.25, 0.3) is 10.9 Å². The highest BCUT2D eigenvalue weighted by atomic mass is 35.5. The minimum atomic E-state index is -3.64. The molecule has 26 heavy (non-hydrogen) atoms. The summed E-state index contributed by atoms with van der Waals surface area (Å²) in [5.41, 5.74) is 1.90. The number of para-hydroxylation sites is 1. The summed E-state index contributed by atoms with van der Waals surface area (Å²) in [6, 6.07) is 12.2. The monoisotopic (exact) mass is 389 g/mol. The van der Waals surface area contributed by atoms with E-state index in [1.807, 2.05) is 18.2 Å². The topological polar surface area (TPSA) is 56.4 Å². The molecule has 1 aliphatic rings. The quantitative estimate of drug-likeness (QED) is 0.745. The van der Waals surface area contributed by atoms with Crippen molar-refractivity contribution in [2.75, 3.05) is 38.1 Å². The zero-order valence-corrected chi connectivity index (χ0v) is 16.0. The summed E-state index contributed by atoms with van der Waals surface area (Å²) in [6.07, 6.45) is 1.58. The second-order valence-electron chi connectivity index (χ2n) is 6.60. The van der Waals surface area contributed by atoms with Crippen molar-refractivity contribution in [3.05, 3.63) is 53.7 Å². The molecule has 3 aromatic rings. The van der Waals surface area contributed by atoms with Crippen LogP contribution in [-0.2, 0) is 9.84 Å². The third-order valence-corrected chi connectivity index (χ3v) is 6.92. The summed E-state index contributed by atoms with van der Waals surface area (Å²) in [6.45, 7) is 3.82. The van der Waals surface area contributed by atoms with Crippen LogP contribution < -0.4 is 4.90 Å². The molecular formula is C19H20ClN3O2S. The van der Waals surface area contributed by atoms with Gasteiger partial charge in [0.25, 0.3) is 0 Å². The first-order valence-corrected chi connectivity index (χ1v) is 10.4. The molecule has 1 aliphatic heterocycles. The number of fused-ring (bicyclic) bond motifs is 1. The van der Waals surface area contributed by atoms with Gasteiger partial charge in [-0.3, -0.25) is 0 Å². The van der Waals surface area contributed by atoms with E-state index in [1.54, 1.807) is 24.4 Å². The number of aromatic amines is 1. The van der Waals surface area contributed by atoms with E-state index < -0.39 is 9.84 Å². The number of piperazine rings is 1. The largest absolute Gasteiger partial charge is 0.367 e. The van der Waals surface area contributed by atoms with Crippen LogP contribution in [0, 0.1) is 0 Å². The lowest BCUT2D eigenvalue weighted by Gasteiger charge is -2.34. The van der Waals surface area contributed by atoms with Gasteiger partial charge in [0, 0.05) is 42.8 Å². The number of aromatic nitrogens is 1. The van der Waals surface area contributed by atoms with Crippen molar-refractivity contribution in [3.8, 4) is 0 Å². The van der Waals surface area contributed by atoms with E-state index in [1.165, 1.54) is 6.07 Å². The van der Waals surface area contributed by atoms with E-state index in [2.05, 4.69) is 21.8 Å². The number of nitrogens with zero attached hydrogens (tertiary/aromatic N) is 2. The average molecular weight is 390 g/mol. The van der Waals surface area contributed by atoms with Gasteiger partial charge in [0.1, 0.15) is 0 Å². The van der Waals surface area contributed by atoms with E-state index in [9.17, 15) is 8.42 Å². The molecule has 0 atom stereocenters. The Morgan fingerprint density at radius 2 is 1.77 bits per heavy atom. The first-order valence-electron chi connectivity index (χ1n) is 8.51. The molecule has 1 saturated heterocycles. The Labute approximate surface area is 158 Å². The molecule has 7 heteroatoms. The van der Waals surface area contributed by atoms with Gasteiger partial charge in [0.2, 0.25) is 9.84 Å². The van der Waals surface area contributed by atoms with Gasteiger partial charge < -0.3 is 14.8 Å². The van der Waals surface area contributed by atoms with E-state index >= 15 is 0 Å². The molecule has 2 aromatic carbocycles. The Morgan fingerprint density at radius 3 is 2.50 bits per heavy atom. The van der Waals surface area contributed by atoms with Crippen LogP contribution in [0.15, 0.2) is 58.5 Å². The molecule has 0 bridgehead atoms. The first-order chi connectivity index (χ1) is 12.5. The van der Waals surface area contributed by atoms with Gasteiger partial charge in [-0.1, -0.05) is 29.8 Å². The number of likely N-dealkylation sites (N-methyl/N-ethyl adjacent to an activating group) is 1. The van der Waals surface area contributed by atoms with Crippen LogP contribution in [0.1, 0.15) is 0 Å². The minimum absolute atomic E-state index is 0.205. The van der Waals surface area contributed by atoms with Crippen LogP contribution in [0.3, 0.4) is 0 Å². The third-order valence-electron chi connectivity index (χ3n) is 4.90. The molecule has 0 radical (unpaired) electrons. The van der Waals surface area contributed by atoms with Crippen molar-refractivity contribution < 1.29 is 8.42 Å². The summed E-state index contributed by atoms with van der Waals surface area (Å²) < 4.78 is 26.2. The number of sulfone groups is 1. The van der Waals surface area contributed by atoms with E-state index in [-0.39, 0.29) is 9.79 Å². The zero-order chi connectivity index (χ0) is 18.3. The molecule has 0 aliphatic carbocycles. The zero-order valence-electron chi connectivity index (χ0n) is 14.4. The van der Waals surface area contributed by atoms with Gasteiger partial charge in [-0.25, -0.2) is 8.42 Å². The van der Waals surface area contributed by atoms with Gasteiger partial charge in [-0.05, 0) is 31.3 Å². The first kappa shape index (κ1) is 17.4. The van der Waals surface area contributed by atoms with Crippen molar-refractivity contribution >= 4 is 38.0 Å². The lowest BCUT2D eigenvalue weighted by atomic mass is 10.2. The Hall–Kier alpha value is -2.02. The van der Waals surface area contributed by atoms with E-state index in [0.29, 0.717) is 10.4 Å². The standard InChI is InChI=1S/C19H20ClN3O2S/c1-22-8-10-23(11-9-22)17-7-3-6-16-18(13-21-19(16)17)26(24,25)15-5-2-4-14(20)12-15/h2-7,12-13,21H,8-11H2,1H3. The molecule has 1 N–H and O–H groups in total. The summed E-state index contributed by atoms with van der Waals surface area (Å²) in [4.78, 5) is 8.27. The van der Waals surface area contributed by atoms with Crippen LogP contribution in [-0.4, -0.2) is 51.5 Å². The summed E-state index contributed by atoms with van der Waals surface area (Å²) >= 11 is 5.99. The molecule has 2 heterocycles. The van der Waals surface area contributed by atoms with Crippen LogP contribution in [0.4, 0.5) is 5.69 Å². The minimum Gasteiger partial charge on any atom is -0.367 e. The van der Waals surface area contributed by atoms with E-state index in [4.69, 9.17) is 11.6 Å². The van der Waals surface area contributed by atoms with Gasteiger partial charge in [0.15, 0.2) is 0 Å². The second-order valence-corrected chi connectivity index (χ2v) is 8.96. The Balaban J connectivity index is 1.80. The molecular weight excluding hydrogens is 370 g/mol. The van der Waals surface area contributed by atoms with Crippen molar-refractivity contribution in [1.82, 2.24) is 9.88 Å². The van der Waals surface area contributed by atoms with Crippen molar-refractivity contribution in [2.45, 2.75) is 9.79 Å². The lowest BCUT2D eigenvalue weighted by Crippen LogP contribution is -2.44. The summed E-state index contributed by atoms with van der Waals surface area (Å²) in [5, 5.41) is 1.12. The smallest absolute Gasteiger partial charge is 0.208 e. The summed E-state index contributed by atoms with van der Waals surface area (Å²) in [5.74, 6) is 0. The number of anilines is 1. The number of rotatable bonds is 3. The van der Waals surface area contributed by atoms with Crippen molar-refractivity contribution in [2.24, 2.45) is 0 Å². The SMILES string of the molecule is CN1CCN(c2cccc3c(S(=O)(=O)c4cccc(Cl)c4)c[nH]c23)CC1. The molecule has 136 valence electrons. The number of nitrogens with one attached hydrogen (secondary N) is 1. The second kappa shape index (κ2) is 6.61. The maximum absolute atomic E-state index is 13.1. The predicted octanol–water partition coefficient (Wildman–Crippen LogP) is 3.41. The van der Waals surface area contributed by atoms with Crippen LogP contribution >= 0.6 is 11.6 Å². The van der Waals surface area contributed by atoms with Crippen molar-refractivity contribution in [1.29, 1.82) is 0 Å². The Bertz CT molecular complexity index is 1050. The maximum Gasteiger partial charge on any atom is 0.208 e. The fraction of sp³-hybridized carbons (Fsp3) is 0.263. The molecule has 4 rings (SSSR count). The fourth-order valence-corrected chi connectivity index (χ4v) is 5.13. The molecule has 5 nitrogen and oxygen atoms in total. The highest BCUT2D eigenvalue weighted by Gasteiger charge is 2.24. The van der Waals surface area contributed by atoms with Gasteiger partial charge in [0.05, 0.1) is 21.0 Å². The Morgan fingerprint density at radius 1 is 1.04 bits per heavy atom. The normalized spacial score (nSPS) is 16.3. The Kier molecular flexibility index (Phi) is 4.42. The molecule has 0 amide bonds. The maximum atomic E-state index is 13.1. The van der Waals surface area contributed by atoms with Gasteiger partial charge in [-0.2, -0.15) is 0 Å².